The van der Waals surface area contributed by atoms with E-state index >= 15 is 0 Å². The lowest BCUT2D eigenvalue weighted by Crippen LogP contribution is -2.51. The molecule has 1 aliphatic rings. The molecule has 10 nitrogen and oxygen atoms in total. The van der Waals surface area contributed by atoms with Crippen molar-refractivity contribution in [2.24, 2.45) is 17.6 Å². The highest BCUT2D eigenvalue weighted by atomic mass is 16.2. The minimum atomic E-state index is -0.746. The summed E-state index contributed by atoms with van der Waals surface area (Å²) in [7, 11) is 0. The SMILES string of the molecule is CC(=O)N[C@@H](Cc1cnc[nH]1)C(=O)N1CCC(C(=O)N[C@H](C(N)=O)C(C)C)C1. The summed E-state index contributed by atoms with van der Waals surface area (Å²) in [5.74, 6) is -1.99. The summed E-state index contributed by atoms with van der Waals surface area (Å²) in [6.45, 7) is 5.58. The lowest BCUT2D eigenvalue weighted by molar-refractivity contribution is -0.136. The molecule has 3 atom stereocenters. The third kappa shape index (κ3) is 5.54. The Hall–Kier alpha value is -2.91. The summed E-state index contributed by atoms with van der Waals surface area (Å²) < 4.78 is 0. The fraction of sp³-hybridized carbons (Fsp3) is 0.611. The van der Waals surface area contributed by atoms with E-state index in [2.05, 4.69) is 20.6 Å². The number of imidazole rings is 1. The number of amides is 4. The van der Waals surface area contributed by atoms with Gasteiger partial charge in [0, 0.05) is 38.3 Å². The second-order valence-corrected chi connectivity index (χ2v) is 7.44. The minimum Gasteiger partial charge on any atom is -0.368 e. The van der Waals surface area contributed by atoms with Crippen molar-refractivity contribution in [3.63, 3.8) is 0 Å². The first-order valence-electron chi connectivity index (χ1n) is 9.31. The van der Waals surface area contributed by atoms with Crippen LogP contribution in [0.1, 0.15) is 32.9 Å². The van der Waals surface area contributed by atoms with Gasteiger partial charge in [0.15, 0.2) is 0 Å². The maximum atomic E-state index is 12.9. The molecule has 1 unspecified atom stereocenters. The summed E-state index contributed by atoms with van der Waals surface area (Å²) in [6, 6.07) is -1.49. The predicted molar refractivity (Wildman–Crippen MR) is 101 cm³/mol. The Kier molecular flexibility index (Phi) is 7.13. The van der Waals surface area contributed by atoms with Gasteiger partial charge in [0.2, 0.25) is 23.6 Å². The molecule has 0 aliphatic carbocycles. The summed E-state index contributed by atoms with van der Waals surface area (Å²) in [5.41, 5.74) is 6.07. The van der Waals surface area contributed by atoms with E-state index in [1.165, 1.54) is 13.3 Å². The molecule has 2 heterocycles. The molecule has 1 saturated heterocycles. The summed E-state index contributed by atoms with van der Waals surface area (Å²) in [6.07, 6.45) is 3.86. The number of likely N-dealkylation sites (tertiary alicyclic amines) is 1. The van der Waals surface area contributed by atoms with Crippen molar-refractivity contribution >= 4 is 23.6 Å². The number of nitrogens with zero attached hydrogens (tertiary/aromatic N) is 2. The largest absolute Gasteiger partial charge is 0.368 e. The average Bonchev–Trinajstić information content (AvgIpc) is 3.29. The summed E-state index contributed by atoms with van der Waals surface area (Å²) in [5, 5.41) is 5.34. The van der Waals surface area contributed by atoms with Crippen LogP contribution in [0.4, 0.5) is 0 Å². The molecular weight excluding hydrogens is 364 g/mol. The molecule has 0 bridgehead atoms. The van der Waals surface area contributed by atoms with E-state index in [1.54, 1.807) is 24.9 Å². The van der Waals surface area contributed by atoms with Crippen LogP contribution in [0, 0.1) is 11.8 Å². The normalized spacial score (nSPS) is 18.6. The van der Waals surface area contributed by atoms with Crippen molar-refractivity contribution < 1.29 is 19.2 Å². The first kappa shape index (κ1) is 21.4. The number of aromatic amines is 1. The molecule has 1 aromatic heterocycles. The van der Waals surface area contributed by atoms with Gasteiger partial charge >= 0.3 is 0 Å². The van der Waals surface area contributed by atoms with E-state index in [1.807, 2.05) is 0 Å². The zero-order valence-electron chi connectivity index (χ0n) is 16.4. The van der Waals surface area contributed by atoms with Crippen molar-refractivity contribution in [1.82, 2.24) is 25.5 Å². The van der Waals surface area contributed by atoms with E-state index in [0.717, 1.165) is 5.69 Å². The molecule has 0 spiro atoms. The number of rotatable bonds is 8. The van der Waals surface area contributed by atoms with Gasteiger partial charge in [-0.15, -0.1) is 0 Å². The topological polar surface area (TPSA) is 150 Å². The number of carbonyl (C=O) groups is 4. The number of nitrogens with two attached hydrogens (primary N) is 1. The Morgan fingerprint density at radius 1 is 1.32 bits per heavy atom. The lowest BCUT2D eigenvalue weighted by atomic mass is 10.0. The zero-order chi connectivity index (χ0) is 20.8. The van der Waals surface area contributed by atoms with Gasteiger partial charge in [-0.25, -0.2) is 4.98 Å². The number of primary amides is 1. The Bertz CT molecular complexity index is 718. The fourth-order valence-electron chi connectivity index (χ4n) is 3.29. The zero-order valence-corrected chi connectivity index (χ0v) is 16.4. The number of hydrogen-bond donors (Lipinski definition) is 4. The van der Waals surface area contributed by atoms with E-state index in [-0.39, 0.29) is 36.6 Å². The van der Waals surface area contributed by atoms with Crippen LogP contribution in [-0.2, 0) is 25.6 Å². The quantitative estimate of drug-likeness (QED) is 0.444. The number of hydrogen-bond acceptors (Lipinski definition) is 5. The first-order chi connectivity index (χ1) is 13.2. The fourth-order valence-corrected chi connectivity index (χ4v) is 3.29. The van der Waals surface area contributed by atoms with Crippen LogP contribution < -0.4 is 16.4 Å². The molecule has 5 N–H and O–H groups in total. The van der Waals surface area contributed by atoms with Crippen LogP contribution >= 0.6 is 0 Å². The van der Waals surface area contributed by atoms with Crippen molar-refractivity contribution in [2.45, 2.75) is 45.7 Å². The first-order valence-corrected chi connectivity index (χ1v) is 9.31. The highest BCUT2D eigenvalue weighted by Gasteiger charge is 2.36. The van der Waals surface area contributed by atoms with Gasteiger partial charge in [-0.05, 0) is 12.3 Å². The van der Waals surface area contributed by atoms with Gasteiger partial charge in [-0.3, -0.25) is 19.2 Å². The molecule has 0 saturated carbocycles. The highest BCUT2D eigenvalue weighted by molar-refractivity contribution is 5.90. The Labute approximate surface area is 163 Å². The predicted octanol–water partition coefficient (Wildman–Crippen LogP) is -1.07. The van der Waals surface area contributed by atoms with Gasteiger partial charge in [-0.1, -0.05) is 13.8 Å². The third-order valence-electron chi connectivity index (χ3n) is 4.80. The van der Waals surface area contributed by atoms with Crippen molar-refractivity contribution in [1.29, 1.82) is 0 Å². The average molecular weight is 392 g/mol. The lowest BCUT2D eigenvalue weighted by Gasteiger charge is -2.24. The second-order valence-electron chi connectivity index (χ2n) is 7.44. The van der Waals surface area contributed by atoms with Crippen molar-refractivity contribution in [2.75, 3.05) is 13.1 Å². The Balaban J connectivity index is 1.99. The molecule has 2 rings (SSSR count). The number of aromatic nitrogens is 2. The number of carbonyl (C=O) groups excluding carboxylic acids is 4. The van der Waals surface area contributed by atoms with Crippen LogP contribution in [-0.4, -0.2) is 63.7 Å². The maximum Gasteiger partial charge on any atom is 0.245 e. The molecule has 0 aromatic carbocycles. The van der Waals surface area contributed by atoms with Gasteiger partial charge in [-0.2, -0.15) is 0 Å². The van der Waals surface area contributed by atoms with Gasteiger partial charge in [0.05, 0.1) is 12.2 Å². The van der Waals surface area contributed by atoms with Crippen LogP contribution in [0.2, 0.25) is 0 Å². The molecule has 154 valence electrons. The van der Waals surface area contributed by atoms with E-state index < -0.39 is 23.9 Å². The standard InChI is InChI=1S/C18H28N6O4/c1-10(2)15(16(19)26)23-17(27)12-4-5-24(8-12)18(28)14(22-11(3)25)6-13-7-20-9-21-13/h7,9-10,12,14-15H,4-6,8H2,1-3H3,(H2,19,26)(H,20,21)(H,22,25)(H,23,27)/t12?,14-,15-/m0/s1. The molecule has 1 fully saturated rings. The summed E-state index contributed by atoms with van der Waals surface area (Å²) >= 11 is 0. The van der Waals surface area contributed by atoms with Crippen molar-refractivity contribution in [3.05, 3.63) is 18.2 Å². The molecule has 10 heteroatoms. The third-order valence-corrected chi connectivity index (χ3v) is 4.80. The van der Waals surface area contributed by atoms with Crippen LogP contribution in [0.5, 0.6) is 0 Å². The number of nitrogens with one attached hydrogen (secondary N) is 3. The van der Waals surface area contributed by atoms with Crippen molar-refractivity contribution in [3.8, 4) is 0 Å². The molecule has 0 radical (unpaired) electrons. The molecule has 28 heavy (non-hydrogen) atoms. The molecule has 1 aliphatic heterocycles. The monoisotopic (exact) mass is 392 g/mol. The minimum absolute atomic E-state index is 0.126. The van der Waals surface area contributed by atoms with E-state index in [0.29, 0.717) is 13.0 Å². The van der Waals surface area contributed by atoms with Gasteiger partial charge in [0.25, 0.3) is 0 Å². The van der Waals surface area contributed by atoms with Gasteiger partial charge in [0.1, 0.15) is 12.1 Å². The van der Waals surface area contributed by atoms with E-state index in [9.17, 15) is 19.2 Å². The summed E-state index contributed by atoms with van der Waals surface area (Å²) in [4.78, 5) is 56.8. The van der Waals surface area contributed by atoms with Crippen LogP contribution in [0.25, 0.3) is 0 Å². The van der Waals surface area contributed by atoms with Crippen LogP contribution in [0.3, 0.4) is 0 Å². The molecular formula is C18H28N6O4. The Morgan fingerprint density at radius 2 is 2.04 bits per heavy atom. The van der Waals surface area contributed by atoms with E-state index in [4.69, 9.17) is 5.73 Å². The highest BCUT2D eigenvalue weighted by Crippen LogP contribution is 2.19. The molecule has 4 amide bonds. The Morgan fingerprint density at radius 3 is 2.57 bits per heavy atom. The smallest absolute Gasteiger partial charge is 0.245 e. The maximum absolute atomic E-state index is 12.9. The van der Waals surface area contributed by atoms with Crippen LogP contribution in [0.15, 0.2) is 12.5 Å². The molecule has 1 aromatic rings. The van der Waals surface area contributed by atoms with Gasteiger partial charge < -0.3 is 26.3 Å². The number of H-pyrrole nitrogens is 1. The second kappa shape index (κ2) is 9.34.